The third-order valence-electron chi connectivity index (χ3n) is 3.46. The van der Waals surface area contributed by atoms with Gasteiger partial charge >= 0.3 is 0 Å². The molecule has 1 N–H and O–H groups in total. The van der Waals surface area contributed by atoms with E-state index in [9.17, 15) is 9.18 Å². The summed E-state index contributed by atoms with van der Waals surface area (Å²) in [7, 11) is 0. The number of carbonyl (C=O) groups excluding carboxylic acids is 1. The average Bonchev–Trinajstić information content (AvgIpc) is 3.25. The van der Waals surface area contributed by atoms with Gasteiger partial charge in [0.15, 0.2) is 5.13 Å². The minimum absolute atomic E-state index is 0.175. The number of anilines is 1. The van der Waals surface area contributed by atoms with Crippen LogP contribution >= 0.6 is 11.3 Å². The van der Waals surface area contributed by atoms with Gasteiger partial charge < -0.3 is 5.32 Å². The van der Waals surface area contributed by atoms with Gasteiger partial charge in [-0.1, -0.05) is 12.1 Å². The van der Waals surface area contributed by atoms with Crippen molar-refractivity contribution < 1.29 is 9.18 Å². The molecular formula is C16H14FN3OS. The number of amides is 1. The molecule has 112 valence electrons. The maximum Gasteiger partial charge on any atom is 0.240 e. The van der Waals surface area contributed by atoms with Crippen molar-refractivity contribution in [1.29, 1.82) is 5.26 Å². The van der Waals surface area contributed by atoms with Gasteiger partial charge in [-0.2, -0.15) is 5.26 Å². The first-order valence-electron chi connectivity index (χ1n) is 7.06. The van der Waals surface area contributed by atoms with Gasteiger partial charge in [0.05, 0.1) is 11.8 Å². The summed E-state index contributed by atoms with van der Waals surface area (Å²) >= 11 is 1.43. The molecule has 1 amide bonds. The summed E-state index contributed by atoms with van der Waals surface area (Å²) in [5.74, 6) is -0.125. The Balaban J connectivity index is 1.80. The van der Waals surface area contributed by atoms with Gasteiger partial charge in [-0.3, -0.25) is 4.79 Å². The maximum atomic E-state index is 13.0. The van der Waals surface area contributed by atoms with Gasteiger partial charge in [-0.15, -0.1) is 11.3 Å². The Morgan fingerprint density at radius 3 is 2.77 bits per heavy atom. The predicted octanol–water partition coefficient (Wildman–Crippen LogP) is 3.60. The molecule has 2 aromatic rings. The molecule has 1 aromatic carbocycles. The van der Waals surface area contributed by atoms with E-state index in [1.165, 1.54) is 23.5 Å². The SMILES string of the molecule is N#CCC(=O)Nc1nc(C2CC2)c(Cc2ccc(F)cc2)s1. The largest absolute Gasteiger partial charge is 0.301 e. The van der Waals surface area contributed by atoms with Crippen molar-refractivity contribution in [2.45, 2.75) is 31.6 Å². The van der Waals surface area contributed by atoms with Crippen LogP contribution in [0.5, 0.6) is 0 Å². The molecule has 6 heteroatoms. The molecule has 0 bridgehead atoms. The second kappa shape index (κ2) is 6.24. The summed E-state index contributed by atoms with van der Waals surface area (Å²) in [5, 5.41) is 11.7. The molecule has 1 aliphatic carbocycles. The van der Waals surface area contributed by atoms with Crippen LogP contribution < -0.4 is 5.32 Å². The summed E-state index contributed by atoms with van der Waals surface area (Å²) in [5.41, 5.74) is 2.04. The van der Waals surface area contributed by atoms with Gasteiger partial charge in [-0.05, 0) is 30.5 Å². The van der Waals surface area contributed by atoms with Crippen LogP contribution in [0.1, 0.15) is 41.3 Å². The number of carbonyl (C=O) groups is 1. The van der Waals surface area contributed by atoms with Crippen LogP contribution in [0.15, 0.2) is 24.3 Å². The predicted molar refractivity (Wildman–Crippen MR) is 82.2 cm³/mol. The maximum absolute atomic E-state index is 13.0. The number of hydrogen-bond donors (Lipinski definition) is 1. The summed E-state index contributed by atoms with van der Waals surface area (Å²) in [4.78, 5) is 17.1. The van der Waals surface area contributed by atoms with Crippen LogP contribution in [0.4, 0.5) is 9.52 Å². The molecule has 1 saturated carbocycles. The number of nitrogens with one attached hydrogen (secondary N) is 1. The lowest BCUT2D eigenvalue weighted by atomic mass is 10.1. The zero-order chi connectivity index (χ0) is 15.5. The number of aromatic nitrogens is 1. The molecule has 0 saturated heterocycles. The fraction of sp³-hybridized carbons (Fsp3) is 0.312. The lowest BCUT2D eigenvalue weighted by Crippen LogP contribution is -2.09. The van der Waals surface area contributed by atoms with Gasteiger partial charge in [0, 0.05) is 17.2 Å². The fourth-order valence-corrected chi connectivity index (χ4v) is 3.34. The molecule has 0 unspecified atom stereocenters. The molecule has 1 heterocycles. The summed E-state index contributed by atoms with van der Waals surface area (Å²) < 4.78 is 13.0. The summed E-state index contributed by atoms with van der Waals surface area (Å²) in [6, 6.07) is 8.24. The fourth-order valence-electron chi connectivity index (χ4n) is 2.24. The second-order valence-corrected chi connectivity index (χ2v) is 6.37. The topological polar surface area (TPSA) is 65.8 Å². The first kappa shape index (κ1) is 14.7. The number of nitriles is 1. The number of nitrogens with zero attached hydrogens (tertiary/aromatic N) is 2. The summed E-state index contributed by atoms with van der Waals surface area (Å²) in [6.45, 7) is 0. The number of hydrogen-bond acceptors (Lipinski definition) is 4. The van der Waals surface area contributed by atoms with Crippen molar-refractivity contribution in [1.82, 2.24) is 4.98 Å². The lowest BCUT2D eigenvalue weighted by Gasteiger charge is -2.01. The van der Waals surface area contributed by atoms with Gasteiger partial charge in [0.25, 0.3) is 0 Å². The molecule has 1 aromatic heterocycles. The molecule has 0 spiro atoms. The van der Waals surface area contributed by atoms with E-state index < -0.39 is 0 Å². The van der Waals surface area contributed by atoms with E-state index >= 15 is 0 Å². The molecule has 0 radical (unpaired) electrons. The number of halogens is 1. The zero-order valence-corrected chi connectivity index (χ0v) is 12.6. The van der Waals surface area contributed by atoms with E-state index in [1.807, 2.05) is 6.07 Å². The van der Waals surface area contributed by atoms with E-state index in [4.69, 9.17) is 5.26 Å². The molecule has 0 aliphatic heterocycles. The van der Waals surface area contributed by atoms with Gasteiger partial charge in [-0.25, -0.2) is 9.37 Å². The van der Waals surface area contributed by atoms with Crippen molar-refractivity contribution in [3.8, 4) is 6.07 Å². The lowest BCUT2D eigenvalue weighted by molar-refractivity contribution is -0.115. The Morgan fingerprint density at radius 2 is 2.14 bits per heavy atom. The van der Waals surface area contributed by atoms with Crippen LogP contribution in [0.25, 0.3) is 0 Å². The Labute approximate surface area is 131 Å². The molecule has 1 aliphatic rings. The highest BCUT2D eigenvalue weighted by Gasteiger charge is 2.29. The van der Waals surface area contributed by atoms with Crippen LogP contribution in [-0.4, -0.2) is 10.9 Å². The number of rotatable bonds is 5. The van der Waals surface area contributed by atoms with Gasteiger partial charge in [0.2, 0.25) is 5.91 Å². The second-order valence-electron chi connectivity index (χ2n) is 5.29. The molecule has 4 nitrogen and oxygen atoms in total. The average molecular weight is 315 g/mol. The standard InChI is InChI=1S/C16H14FN3OS/c17-12-5-1-10(2-6-12)9-13-15(11-3-4-11)20-16(22-13)19-14(21)7-8-18/h1-2,5-6,11H,3-4,7,9H2,(H,19,20,21). The van der Waals surface area contributed by atoms with Crippen LogP contribution in [-0.2, 0) is 11.2 Å². The number of thiazole rings is 1. The number of benzene rings is 1. The Kier molecular flexibility index (Phi) is 4.16. The molecule has 1 fully saturated rings. The van der Waals surface area contributed by atoms with E-state index in [0.29, 0.717) is 17.5 Å². The highest BCUT2D eigenvalue weighted by molar-refractivity contribution is 7.15. The zero-order valence-electron chi connectivity index (χ0n) is 11.8. The minimum atomic E-state index is -0.341. The quantitative estimate of drug-likeness (QED) is 0.916. The first-order chi connectivity index (χ1) is 10.7. The van der Waals surface area contributed by atoms with Crippen LogP contribution in [0.2, 0.25) is 0 Å². The molecular weight excluding hydrogens is 301 g/mol. The van der Waals surface area contributed by atoms with Crippen LogP contribution in [0, 0.1) is 17.1 Å². The Bertz CT molecular complexity index is 729. The van der Waals surface area contributed by atoms with Crippen molar-refractivity contribution in [3.05, 3.63) is 46.2 Å². The van der Waals surface area contributed by atoms with E-state index in [2.05, 4.69) is 10.3 Å². The van der Waals surface area contributed by atoms with E-state index in [1.54, 1.807) is 12.1 Å². The van der Waals surface area contributed by atoms with Crippen molar-refractivity contribution >= 4 is 22.4 Å². The third-order valence-corrected chi connectivity index (χ3v) is 4.44. The first-order valence-corrected chi connectivity index (χ1v) is 7.88. The summed E-state index contributed by atoms with van der Waals surface area (Å²) in [6.07, 6.45) is 2.74. The highest BCUT2D eigenvalue weighted by Crippen LogP contribution is 2.44. The van der Waals surface area contributed by atoms with E-state index in [0.717, 1.165) is 29.0 Å². The smallest absolute Gasteiger partial charge is 0.240 e. The minimum Gasteiger partial charge on any atom is -0.301 e. The third kappa shape index (κ3) is 3.49. The molecule has 22 heavy (non-hydrogen) atoms. The van der Waals surface area contributed by atoms with Crippen LogP contribution in [0.3, 0.4) is 0 Å². The monoisotopic (exact) mass is 315 g/mol. The Morgan fingerprint density at radius 1 is 1.41 bits per heavy atom. The molecule has 0 atom stereocenters. The normalized spacial score (nSPS) is 13.6. The Hall–Kier alpha value is -2.26. The van der Waals surface area contributed by atoms with E-state index in [-0.39, 0.29) is 18.1 Å². The van der Waals surface area contributed by atoms with Gasteiger partial charge in [0.1, 0.15) is 12.2 Å². The van der Waals surface area contributed by atoms with Crippen molar-refractivity contribution in [3.63, 3.8) is 0 Å². The van der Waals surface area contributed by atoms with Crippen molar-refractivity contribution in [2.75, 3.05) is 5.32 Å². The highest BCUT2D eigenvalue weighted by atomic mass is 32.1. The van der Waals surface area contributed by atoms with Crippen molar-refractivity contribution in [2.24, 2.45) is 0 Å². The molecule has 3 rings (SSSR count).